The standard InChI is InChI=1S/C15H20O8S/c1-19-15-13(23-24(2,17)18)11(16)12-10(21-15)8-20-14(22-12)9-6-4-3-5-7-9/h3-7,10-16H,8H2,1-2H3/t10-,11+,12-,13-,14-,15+/m0/s1. The first-order chi connectivity index (χ1) is 11.4. The highest BCUT2D eigenvalue weighted by atomic mass is 32.2. The second-order valence-electron chi connectivity index (χ2n) is 5.71. The van der Waals surface area contributed by atoms with Crippen LogP contribution in [0.1, 0.15) is 11.9 Å². The quantitative estimate of drug-likeness (QED) is 0.759. The Hall–Kier alpha value is -1.07. The lowest BCUT2D eigenvalue weighted by molar-refractivity contribution is -0.354. The molecule has 1 aromatic rings. The van der Waals surface area contributed by atoms with Gasteiger partial charge < -0.3 is 24.1 Å². The van der Waals surface area contributed by atoms with Crippen molar-refractivity contribution >= 4 is 10.1 Å². The normalized spacial score (nSPS) is 37.0. The average molecular weight is 360 g/mol. The van der Waals surface area contributed by atoms with Gasteiger partial charge in [-0.1, -0.05) is 30.3 Å². The van der Waals surface area contributed by atoms with Crippen LogP contribution in [0.3, 0.4) is 0 Å². The molecule has 134 valence electrons. The predicted molar refractivity (Wildman–Crippen MR) is 81.4 cm³/mol. The van der Waals surface area contributed by atoms with Crippen molar-refractivity contribution in [3.8, 4) is 0 Å². The number of aliphatic hydroxyl groups is 1. The highest BCUT2D eigenvalue weighted by Gasteiger charge is 2.51. The topological polar surface area (TPSA) is 101 Å². The first-order valence-electron chi connectivity index (χ1n) is 7.45. The largest absolute Gasteiger partial charge is 0.387 e. The smallest absolute Gasteiger partial charge is 0.264 e. The third kappa shape index (κ3) is 3.77. The molecule has 9 heteroatoms. The van der Waals surface area contributed by atoms with E-state index in [9.17, 15) is 13.5 Å². The van der Waals surface area contributed by atoms with E-state index in [4.69, 9.17) is 23.1 Å². The number of aliphatic hydroxyl groups excluding tert-OH is 1. The van der Waals surface area contributed by atoms with Crippen molar-refractivity contribution < 1.29 is 36.7 Å². The molecular formula is C15H20O8S. The molecule has 0 aromatic heterocycles. The number of rotatable bonds is 4. The number of ether oxygens (including phenoxy) is 4. The van der Waals surface area contributed by atoms with Crippen molar-refractivity contribution in [2.24, 2.45) is 0 Å². The van der Waals surface area contributed by atoms with Gasteiger partial charge in [-0.3, -0.25) is 4.18 Å². The van der Waals surface area contributed by atoms with Gasteiger partial charge in [-0.15, -0.1) is 0 Å². The monoisotopic (exact) mass is 360 g/mol. The van der Waals surface area contributed by atoms with Crippen LogP contribution in [0.2, 0.25) is 0 Å². The zero-order valence-corrected chi connectivity index (χ0v) is 14.1. The Kier molecular flexibility index (Phi) is 5.21. The van der Waals surface area contributed by atoms with E-state index in [-0.39, 0.29) is 6.61 Å². The van der Waals surface area contributed by atoms with Gasteiger partial charge in [0.1, 0.15) is 18.3 Å². The van der Waals surface area contributed by atoms with Gasteiger partial charge in [-0.25, -0.2) is 0 Å². The summed E-state index contributed by atoms with van der Waals surface area (Å²) in [7, 11) is -2.47. The van der Waals surface area contributed by atoms with E-state index >= 15 is 0 Å². The fourth-order valence-corrected chi connectivity index (χ4v) is 3.45. The van der Waals surface area contributed by atoms with Crippen LogP contribution in [0.4, 0.5) is 0 Å². The molecule has 1 aromatic carbocycles. The minimum atomic E-state index is -3.81. The lowest BCUT2D eigenvalue weighted by Crippen LogP contribution is -2.63. The molecule has 0 aliphatic carbocycles. The van der Waals surface area contributed by atoms with Gasteiger partial charge in [-0.2, -0.15) is 8.42 Å². The summed E-state index contributed by atoms with van der Waals surface area (Å²) < 4.78 is 50.0. The minimum absolute atomic E-state index is 0.173. The molecule has 6 atom stereocenters. The van der Waals surface area contributed by atoms with E-state index in [1.54, 1.807) is 0 Å². The summed E-state index contributed by atoms with van der Waals surface area (Å²) in [6, 6.07) is 9.23. The van der Waals surface area contributed by atoms with Crippen molar-refractivity contribution in [2.45, 2.75) is 37.0 Å². The van der Waals surface area contributed by atoms with Crippen molar-refractivity contribution in [3.05, 3.63) is 35.9 Å². The Morgan fingerprint density at radius 2 is 1.92 bits per heavy atom. The van der Waals surface area contributed by atoms with E-state index in [0.29, 0.717) is 0 Å². The van der Waals surface area contributed by atoms with Crippen LogP contribution in [0.15, 0.2) is 30.3 Å². The first-order valence-corrected chi connectivity index (χ1v) is 9.27. The summed E-state index contributed by atoms with van der Waals surface area (Å²) in [5.41, 5.74) is 0.789. The summed E-state index contributed by atoms with van der Waals surface area (Å²) in [5.74, 6) is 0. The molecule has 0 unspecified atom stereocenters. The van der Waals surface area contributed by atoms with E-state index in [2.05, 4.69) is 0 Å². The van der Waals surface area contributed by atoms with Gasteiger partial charge in [0.25, 0.3) is 10.1 Å². The highest BCUT2D eigenvalue weighted by molar-refractivity contribution is 7.86. The molecule has 24 heavy (non-hydrogen) atoms. The Bertz CT molecular complexity index is 649. The first kappa shape index (κ1) is 17.7. The number of benzene rings is 1. The second-order valence-corrected chi connectivity index (χ2v) is 7.31. The van der Waals surface area contributed by atoms with Gasteiger partial charge in [-0.05, 0) is 0 Å². The molecular weight excluding hydrogens is 340 g/mol. The third-order valence-electron chi connectivity index (χ3n) is 3.90. The van der Waals surface area contributed by atoms with Gasteiger partial charge >= 0.3 is 0 Å². The number of hydrogen-bond donors (Lipinski definition) is 1. The lowest BCUT2D eigenvalue weighted by Gasteiger charge is -2.46. The molecule has 2 fully saturated rings. The van der Waals surface area contributed by atoms with Crippen LogP contribution in [0.25, 0.3) is 0 Å². The van der Waals surface area contributed by atoms with Crippen molar-refractivity contribution in [2.75, 3.05) is 20.0 Å². The highest BCUT2D eigenvalue weighted by Crippen LogP contribution is 2.35. The number of methoxy groups -OCH3 is 1. The Balaban J connectivity index is 1.79. The molecule has 2 saturated heterocycles. The molecule has 0 bridgehead atoms. The maximum absolute atomic E-state index is 11.4. The van der Waals surface area contributed by atoms with E-state index in [1.807, 2.05) is 30.3 Å². The van der Waals surface area contributed by atoms with Crippen LogP contribution in [0, 0.1) is 0 Å². The second kappa shape index (κ2) is 7.04. The fourth-order valence-electron chi connectivity index (χ4n) is 2.84. The molecule has 0 radical (unpaired) electrons. The van der Waals surface area contributed by atoms with Crippen molar-refractivity contribution in [3.63, 3.8) is 0 Å². The summed E-state index contributed by atoms with van der Waals surface area (Å²) in [5, 5.41) is 10.6. The Morgan fingerprint density at radius 1 is 1.21 bits per heavy atom. The molecule has 0 amide bonds. The Labute approximate surface area is 140 Å². The number of fused-ring (bicyclic) bond motifs is 1. The van der Waals surface area contributed by atoms with Crippen molar-refractivity contribution in [1.82, 2.24) is 0 Å². The molecule has 2 aliphatic rings. The van der Waals surface area contributed by atoms with E-state index in [1.165, 1.54) is 7.11 Å². The molecule has 0 spiro atoms. The summed E-state index contributed by atoms with van der Waals surface area (Å²) in [4.78, 5) is 0. The minimum Gasteiger partial charge on any atom is -0.387 e. The van der Waals surface area contributed by atoms with Crippen LogP contribution in [-0.4, -0.2) is 64.2 Å². The maximum Gasteiger partial charge on any atom is 0.264 e. The van der Waals surface area contributed by atoms with Crippen LogP contribution in [0.5, 0.6) is 0 Å². The third-order valence-corrected chi connectivity index (χ3v) is 4.47. The predicted octanol–water partition coefficient (Wildman–Crippen LogP) is 0.178. The van der Waals surface area contributed by atoms with Gasteiger partial charge in [0.05, 0.1) is 12.9 Å². The van der Waals surface area contributed by atoms with Gasteiger partial charge in [0, 0.05) is 12.7 Å². The summed E-state index contributed by atoms with van der Waals surface area (Å²) >= 11 is 0. The van der Waals surface area contributed by atoms with Gasteiger partial charge in [0.15, 0.2) is 18.7 Å². The Morgan fingerprint density at radius 3 is 2.54 bits per heavy atom. The van der Waals surface area contributed by atoms with Gasteiger partial charge in [0.2, 0.25) is 0 Å². The van der Waals surface area contributed by atoms with Crippen LogP contribution in [-0.2, 0) is 33.2 Å². The zero-order chi connectivity index (χ0) is 17.3. The number of hydrogen-bond acceptors (Lipinski definition) is 8. The van der Waals surface area contributed by atoms with E-state index < -0.39 is 47.1 Å². The molecule has 0 saturated carbocycles. The molecule has 8 nitrogen and oxygen atoms in total. The lowest BCUT2D eigenvalue weighted by atomic mass is 9.98. The fraction of sp³-hybridized carbons (Fsp3) is 0.600. The molecule has 1 N–H and O–H groups in total. The molecule has 2 heterocycles. The van der Waals surface area contributed by atoms with E-state index in [0.717, 1.165) is 11.8 Å². The maximum atomic E-state index is 11.4. The van der Waals surface area contributed by atoms with Crippen molar-refractivity contribution in [1.29, 1.82) is 0 Å². The zero-order valence-electron chi connectivity index (χ0n) is 13.3. The summed E-state index contributed by atoms with van der Waals surface area (Å²) in [6.07, 6.45) is -4.69. The molecule has 3 rings (SSSR count). The SMILES string of the molecule is CO[C@@H]1O[C@H]2CO[C@H](c3ccccc3)O[C@@H]2[C@@H](O)[C@@H]1OS(C)(=O)=O. The van der Waals surface area contributed by atoms with Crippen LogP contribution < -0.4 is 0 Å². The van der Waals surface area contributed by atoms with Crippen LogP contribution >= 0.6 is 0 Å². The average Bonchev–Trinajstić information content (AvgIpc) is 2.56. The molecule has 2 aliphatic heterocycles. The summed E-state index contributed by atoms with van der Waals surface area (Å²) in [6.45, 7) is 0.173.